The summed E-state index contributed by atoms with van der Waals surface area (Å²) in [5, 5.41) is 14.6. The van der Waals surface area contributed by atoms with Crippen LogP contribution in [0.25, 0.3) is 23.0 Å². The van der Waals surface area contributed by atoms with Crippen molar-refractivity contribution in [2.24, 2.45) is 0 Å². The Balaban J connectivity index is 1.85. The summed E-state index contributed by atoms with van der Waals surface area (Å²) >= 11 is 0. The largest absolute Gasteiger partial charge is 0.494 e. The number of aromatic nitrogens is 2. The molecule has 0 spiro atoms. The number of rotatable bonds is 10. The molecular weight excluding hydrogens is 476 g/mol. The number of unbranched alkanes of at least 4 members (excludes halogenated alkanes) is 2. The summed E-state index contributed by atoms with van der Waals surface area (Å²) in [6.45, 7) is 6.66. The number of benzene rings is 2. The first-order chi connectivity index (χ1) is 18.5. The molecule has 1 aliphatic rings. The minimum atomic E-state index is -0.524. The zero-order valence-electron chi connectivity index (χ0n) is 22.1. The van der Waals surface area contributed by atoms with Crippen molar-refractivity contribution in [3.05, 3.63) is 83.1 Å². The highest BCUT2D eigenvalue weighted by atomic mass is 16.5. The van der Waals surface area contributed by atoms with Crippen LogP contribution in [0.5, 0.6) is 5.75 Å². The molecule has 7 nitrogen and oxygen atoms in total. The van der Waals surface area contributed by atoms with E-state index in [0.29, 0.717) is 35.4 Å². The Labute approximate surface area is 223 Å². The highest BCUT2D eigenvalue weighted by Gasteiger charge is 2.35. The van der Waals surface area contributed by atoms with E-state index in [-0.39, 0.29) is 18.0 Å². The van der Waals surface area contributed by atoms with Gasteiger partial charge < -0.3 is 4.74 Å². The summed E-state index contributed by atoms with van der Waals surface area (Å²) in [6, 6.07) is 19.4. The van der Waals surface area contributed by atoms with Crippen LogP contribution in [0.1, 0.15) is 52.0 Å². The first kappa shape index (κ1) is 26.6. The Morgan fingerprint density at radius 3 is 2.50 bits per heavy atom. The van der Waals surface area contributed by atoms with E-state index in [1.807, 2.05) is 66.9 Å². The number of imide groups is 1. The molecule has 0 radical (unpaired) electrons. The van der Waals surface area contributed by atoms with E-state index < -0.39 is 5.91 Å². The third-order valence-corrected chi connectivity index (χ3v) is 6.45. The molecule has 2 aromatic carbocycles. The molecule has 2 amide bonds. The molecule has 38 heavy (non-hydrogen) atoms. The van der Waals surface area contributed by atoms with Gasteiger partial charge in [-0.15, -0.1) is 0 Å². The maximum atomic E-state index is 13.5. The van der Waals surface area contributed by atoms with Crippen molar-refractivity contribution in [1.29, 1.82) is 5.26 Å². The Kier molecular flexibility index (Phi) is 8.55. The predicted octanol–water partition coefficient (Wildman–Crippen LogP) is 6.11. The van der Waals surface area contributed by atoms with Crippen LogP contribution in [0, 0.1) is 11.3 Å². The lowest BCUT2D eigenvalue weighted by atomic mass is 9.93. The molecule has 0 fully saturated rings. The fourth-order valence-electron chi connectivity index (χ4n) is 4.39. The van der Waals surface area contributed by atoms with Crippen molar-refractivity contribution >= 4 is 17.9 Å². The highest BCUT2D eigenvalue weighted by Crippen LogP contribution is 2.32. The minimum Gasteiger partial charge on any atom is -0.494 e. The normalized spacial score (nSPS) is 14.8. The van der Waals surface area contributed by atoms with E-state index in [1.54, 1.807) is 17.7 Å². The molecule has 7 heteroatoms. The monoisotopic (exact) mass is 508 g/mol. The van der Waals surface area contributed by atoms with Gasteiger partial charge in [0.1, 0.15) is 23.1 Å². The predicted molar refractivity (Wildman–Crippen MR) is 147 cm³/mol. The number of para-hydroxylation sites is 1. The lowest BCUT2D eigenvalue weighted by molar-refractivity contribution is -0.140. The van der Waals surface area contributed by atoms with Gasteiger partial charge in [0.05, 0.1) is 12.3 Å². The van der Waals surface area contributed by atoms with Gasteiger partial charge in [-0.25, -0.2) is 4.68 Å². The molecule has 0 unspecified atom stereocenters. The van der Waals surface area contributed by atoms with E-state index in [2.05, 4.69) is 13.8 Å². The van der Waals surface area contributed by atoms with Crippen LogP contribution in [-0.2, 0) is 9.59 Å². The van der Waals surface area contributed by atoms with E-state index >= 15 is 0 Å². The van der Waals surface area contributed by atoms with Crippen molar-refractivity contribution in [3.8, 4) is 28.8 Å². The van der Waals surface area contributed by atoms with Crippen molar-refractivity contribution in [3.63, 3.8) is 0 Å². The van der Waals surface area contributed by atoms with E-state index in [4.69, 9.17) is 9.84 Å². The summed E-state index contributed by atoms with van der Waals surface area (Å²) in [4.78, 5) is 27.7. The number of carbonyl (C=O) groups is 2. The number of nitrogens with zero attached hydrogens (tertiary/aromatic N) is 4. The average Bonchev–Trinajstić information content (AvgIpc) is 3.37. The molecule has 0 N–H and O–H groups in total. The number of nitriles is 1. The van der Waals surface area contributed by atoms with E-state index in [9.17, 15) is 14.9 Å². The van der Waals surface area contributed by atoms with Gasteiger partial charge in [0.25, 0.3) is 11.8 Å². The molecule has 1 aromatic heterocycles. The molecule has 2 heterocycles. The highest BCUT2D eigenvalue weighted by molar-refractivity contribution is 6.19. The number of carbonyl (C=O) groups excluding carboxylic acids is 2. The zero-order valence-corrected chi connectivity index (χ0v) is 22.1. The maximum Gasteiger partial charge on any atom is 0.271 e. The van der Waals surface area contributed by atoms with Crippen LogP contribution in [0.3, 0.4) is 0 Å². The summed E-state index contributed by atoms with van der Waals surface area (Å²) in [5.74, 6) is -0.174. The van der Waals surface area contributed by atoms with Crippen molar-refractivity contribution in [1.82, 2.24) is 14.7 Å². The molecule has 0 atom stereocenters. The molecular formula is C31H32N4O3. The fourth-order valence-corrected chi connectivity index (χ4v) is 4.39. The van der Waals surface area contributed by atoms with Gasteiger partial charge in [-0.05, 0) is 55.7 Å². The van der Waals surface area contributed by atoms with Gasteiger partial charge in [-0.3, -0.25) is 14.5 Å². The van der Waals surface area contributed by atoms with Crippen LogP contribution in [-0.4, -0.2) is 39.6 Å². The first-order valence-electron chi connectivity index (χ1n) is 13.1. The summed E-state index contributed by atoms with van der Waals surface area (Å²) < 4.78 is 7.61. The molecule has 0 saturated heterocycles. The Morgan fingerprint density at radius 2 is 1.79 bits per heavy atom. The molecule has 194 valence electrons. The van der Waals surface area contributed by atoms with Crippen molar-refractivity contribution < 1.29 is 14.3 Å². The Bertz CT molecular complexity index is 1430. The molecule has 4 rings (SSSR count). The van der Waals surface area contributed by atoms with E-state index in [1.165, 1.54) is 4.90 Å². The van der Waals surface area contributed by atoms with Crippen LogP contribution in [0.15, 0.2) is 77.5 Å². The van der Waals surface area contributed by atoms with Crippen LogP contribution in [0.2, 0.25) is 0 Å². The van der Waals surface area contributed by atoms with Crippen LogP contribution >= 0.6 is 0 Å². The zero-order chi connectivity index (χ0) is 27.1. The molecule has 1 aliphatic heterocycles. The summed E-state index contributed by atoms with van der Waals surface area (Å²) in [6.07, 6.45) is 7.05. The minimum absolute atomic E-state index is 0.000636. The van der Waals surface area contributed by atoms with Gasteiger partial charge in [-0.2, -0.15) is 10.4 Å². The fraction of sp³-hybridized carbons (Fsp3) is 0.290. The Morgan fingerprint density at radius 1 is 1.00 bits per heavy atom. The standard InChI is InChI=1S/C31H32N4O3/c1-4-6-10-16-34-30(36)27(22(3)28(20-32)31(34)37)19-24-21-35(25-13-8-7-9-14-25)33-29(24)23-12-11-15-26(18-23)38-17-5-2/h7-9,11-15,18-19,21H,4-6,10,16-17H2,1-3H3/b27-19+. The van der Waals surface area contributed by atoms with E-state index in [0.717, 1.165) is 36.3 Å². The van der Waals surface area contributed by atoms with Crippen LogP contribution < -0.4 is 4.74 Å². The van der Waals surface area contributed by atoms with Gasteiger partial charge in [0.15, 0.2) is 0 Å². The van der Waals surface area contributed by atoms with Crippen LogP contribution in [0.4, 0.5) is 0 Å². The maximum absolute atomic E-state index is 13.5. The summed E-state index contributed by atoms with van der Waals surface area (Å²) in [7, 11) is 0. The number of hydrogen-bond donors (Lipinski definition) is 0. The third-order valence-electron chi connectivity index (χ3n) is 6.45. The van der Waals surface area contributed by atoms with Gasteiger partial charge in [0.2, 0.25) is 0 Å². The second-order valence-corrected chi connectivity index (χ2v) is 9.23. The topological polar surface area (TPSA) is 88.2 Å². The van der Waals surface area contributed by atoms with Gasteiger partial charge in [-0.1, -0.05) is 57.0 Å². The lowest BCUT2D eigenvalue weighted by Crippen LogP contribution is -2.43. The molecule has 0 bridgehead atoms. The van der Waals surface area contributed by atoms with Gasteiger partial charge >= 0.3 is 0 Å². The summed E-state index contributed by atoms with van der Waals surface area (Å²) in [5.41, 5.74) is 3.77. The molecule has 0 saturated carbocycles. The van der Waals surface area contributed by atoms with Crippen molar-refractivity contribution in [2.45, 2.75) is 46.5 Å². The second-order valence-electron chi connectivity index (χ2n) is 9.23. The Hall–Kier alpha value is -4.44. The average molecular weight is 509 g/mol. The molecule has 3 aromatic rings. The van der Waals surface area contributed by atoms with Crippen molar-refractivity contribution in [2.75, 3.05) is 13.2 Å². The third kappa shape index (κ3) is 5.60. The first-order valence-corrected chi connectivity index (χ1v) is 13.1. The number of ether oxygens (including phenoxy) is 1. The quantitative estimate of drug-likeness (QED) is 0.187. The second kappa shape index (κ2) is 12.2. The van der Waals surface area contributed by atoms with Gasteiger partial charge in [0, 0.05) is 29.4 Å². The molecule has 0 aliphatic carbocycles. The lowest BCUT2D eigenvalue weighted by Gasteiger charge is -2.27. The SMILES string of the molecule is CCCCCN1C(=O)C(C#N)=C(C)/C(=C\c2cn(-c3ccccc3)nc2-c2cccc(OCCC)c2)C1=O. The number of hydrogen-bond acceptors (Lipinski definition) is 5. The smallest absolute Gasteiger partial charge is 0.271 e. The number of amides is 2.